The number of nitrogens with zero attached hydrogens (tertiary/aromatic N) is 2. The van der Waals surface area contributed by atoms with Crippen molar-refractivity contribution >= 4 is 110 Å². The molecule has 12 aromatic rings. The molecule has 9 aromatic carbocycles. The van der Waals surface area contributed by atoms with Crippen LogP contribution >= 0.6 is 0 Å². The van der Waals surface area contributed by atoms with E-state index in [0.717, 1.165) is 33.1 Å². The van der Waals surface area contributed by atoms with E-state index in [1.165, 1.54) is 104 Å². The third-order valence-corrected chi connectivity index (χ3v) is 14.5. The van der Waals surface area contributed by atoms with Gasteiger partial charge >= 0.3 is 0 Å². The highest BCUT2D eigenvalue weighted by molar-refractivity contribution is 7.00. The molecule has 62 heavy (non-hydrogen) atoms. The fourth-order valence-electron chi connectivity index (χ4n) is 11.4. The fourth-order valence-corrected chi connectivity index (χ4v) is 11.4. The van der Waals surface area contributed by atoms with E-state index in [-0.39, 0.29) is 17.5 Å². The van der Waals surface area contributed by atoms with Crippen LogP contribution in [0.2, 0.25) is 0 Å². The van der Waals surface area contributed by atoms with Crippen molar-refractivity contribution in [2.24, 2.45) is 0 Å². The first kappa shape index (κ1) is 34.7. The van der Waals surface area contributed by atoms with Crippen LogP contribution in [0.5, 0.6) is 0 Å². The predicted octanol–water partition coefficient (Wildman–Crippen LogP) is 13.5. The number of rotatable bonds is 1. The summed E-state index contributed by atoms with van der Waals surface area (Å²) < 4.78 is 12.1. The Hall–Kier alpha value is -7.04. The average molecular weight is 795 g/mol. The van der Waals surface area contributed by atoms with E-state index >= 15 is 0 Å². The lowest BCUT2D eigenvalue weighted by Crippen LogP contribution is -2.59. The smallest absolute Gasteiger partial charge is 0.252 e. The van der Waals surface area contributed by atoms with Crippen LogP contribution in [0.15, 0.2) is 156 Å². The summed E-state index contributed by atoms with van der Waals surface area (Å²) in [5.41, 5.74) is 18.5. The van der Waals surface area contributed by atoms with Gasteiger partial charge in [0.05, 0.1) is 11.0 Å². The van der Waals surface area contributed by atoms with Gasteiger partial charge in [0.1, 0.15) is 11.2 Å². The molecular weight excluding hydrogens is 751 g/mol. The number of hydrogen-bond acceptors (Lipinski definition) is 1. The number of benzene rings is 9. The van der Waals surface area contributed by atoms with Gasteiger partial charge in [-0.05, 0) is 120 Å². The normalized spacial score (nSPS) is 13.6. The number of para-hydroxylation sites is 2. The lowest BCUT2D eigenvalue weighted by atomic mass is 9.34. The van der Waals surface area contributed by atoms with Crippen LogP contribution in [0, 0.1) is 0 Å². The van der Waals surface area contributed by atoms with Gasteiger partial charge in [0, 0.05) is 60.3 Å². The third-order valence-electron chi connectivity index (χ3n) is 14.5. The van der Waals surface area contributed by atoms with Crippen molar-refractivity contribution in [2.45, 2.75) is 52.4 Å². The summed E-state index contributed by atoms with van der Waals surface area (Å²) in [5.74, 6) is 0. The summed E-state index contributed by atoms with van der Waals surface area (Å²) in [5, 5.41) is 12.6. The van der Waals surface area contributed by atoms with Crippen molar-refractivity contribution in [2.75, 3.05) is 0 Å². The maximum absolute atomic E-state index is 6.80. The summed E-state index contributed by atoms with van der Waals surface area (Å²) in [6, 6.07) is 57.7. The lowest BCUT2D eigenvalue weighted by Gasteiger charge is -2.36. The minimum absolute atomic E-state index is 0.0168. The Morgan fingerprint density at radius 3 is 1.45 bits per heavy atom. The molecule has 0 amide bonds. The summed E-state index contributed by atoms with van der Waals surface area (Å²) in [6.07, 6.45) is 0. The fraction of sp³-hybridized carbons (Fsp3) is 0.138. The van der Waals surface area contributed by atoms with Gasteiger partial charge in [-0.15, -0.1) is 0 Å². The average Bonchev–Trinajstić information content (AvgIpc) is 3.92. The largest absolute Gasteiger partial charge is 0.455 e. The zero-order valence-corrected chi connectivity index (χ0v) is 35.8. The number of aromatic nitrogens is 2. The van der Waals surface area contributed by atoms with Gasteiger partial charge < -0.3 is 13.6 Å². The molecule has 0 unspecified atom stereocenters. The Balaban J connectivity index is 1.23. The molecule has 0 bridgehead atoms. The first-order valence-corrected chi connectivity index (χ1v) is 22.1. The standard InChI is InChI=1S/C58H43BN2O/c1-57(2,3)37-28-44-42-22-32-14-7-9-16-34(32)24-48(42)60-50-26-36(39-19-13-20-41-40-18-11-12-21-52(40)62-56(39)41)27-51-53(50)59(46(30-37)54(44)60)47-31-38(58(4,5)6)29-45-43-23-33-15-8-10-17-35(33)25-49(43)61(51)55(45)47/h7-31H,1-6H3. The van der Waals surface area contributed by atoms with Crippen molar-refractivity contribution in [3.8, 4) is 22.5 Å². The quantitative estimate of drug-likeness (QED) is 0.152. The van der Waals surface area contributed by atoms with Crippen LogP contribution in [-0.4, -0.2) is 15.8 Å². The molecule has 3 aromatic heterocycles. The predicted molar refractivity (Wildman–Crippen MR) is 265 cm³/mol. The van der Waals surface area contributed by atoms with E-state index in [9.17, 15) is 0 Å². The van der Waals surface area contributed by atoms with Crippen LogP contribution in [0.4, 0.5) is 0 Å². The molecule has 0 N–H and O–H groups in total. The van der Waals surface area contributed by atoms with Crippen LogP contribution < -0.4 is 16.4 Å². The molecule has 0 radical (unpaired) electrons. The molecule has 5 heterocycles. The van der Waals surface area contributed by atoms with Gasteiger partial charge in [-0.2, -0.15) is 0 Å². The molecule has 0 saturated carbocycles. The Labute approximate surface area is 359 Å². The van der Waals surface area contributed by atoms with E-state index in [0.29, 0.717) is 0 Å². The zero-order valence-electron chi connectivity index (χ0n) is 35.8. The Kier molecular flexibility index (Phi) is 6.40. The molecule has 14 rings (SSSR count). The van der Waals surface area contributed by atoms with Crippen molar-refractivity contribution in [3.63, 3.8) is 0 Å². The Morgan fingerprint density at radius 2 is 0.919 bits per heavy atom. The zero-order chi connectivity index (χ0) is 41.6. The van der Waals surface area contributed by atoms with Gasteiger partial charge in [0.25, 0.3) is 6.71 Å². The van der Waals surface area contributed by atoms with E-state index in [1.807, 2.05) is 0 Å². The van der Waals surface area contributed by atoms with Gasteiger partial charge in [-0.25, -0.2) is 0 Å². The minimum Gasteiger partial charge on any atom is -0.455 e. The van der Waals surface area contributed by atoms with Crippen LogP contribution in [-0.2, 0) is 10.8 Å². The molecule has 0 saturated heterocycles. The second kappa shape index (κ2) is 11.5. The molecule has 0 atom stereocenters. The van der Waals surface area contributed by atoms with E-state index in [4.69, 9.17) is 4.42 Å². The number of hydrogen-bond donors (Lipinski definition) is 0. The van der Waals surface area contributed by atoms with Crippen molar-refractivity contribution in [1.82, 2.24) is 9.13 Å². The molecule has 0 spiro atoms. The SMILES string of the molecule is CC(C)(C)c1cc2c3c(c1)c1cc4ccccc4cc1n3-c1cc(-c3cccc4c3oc3ccccc34)cc3c1B2c1cc(C(C)(C)C)cc2c4cc5ccccc5cc4n-3c12. The van der Waals surface area contributed by atoms with Gasteiger partial charge in [0.15, 0.2) is 0 Å². The maximum atomic E-state index is 6.80. The molecule has 0 aliphatic carbocycles. The molecule has 4 heteroatoms. The van der Waals surface area contributed by atoms with Crippen molar-refractivity contribution in [1.29, 1.82) is 0 Å². The molecular formula is C58H43BN2O. The summed E-state index contributed by atoms with van der Waals surface area (Å²) in [7, 11) is 0. The van der Waals surface area contributed by atoms with E-state index in [1.54, 1.807) is 0 Å². The molecule has 0 fully saturated rings. The lowest BCUT2D eigenvalue weighted by molar-refractivity contribution is 0.591. The van der Waals surface area contributed by atoms with Crippen LogP contribution in [0.3, 0.4) is 0 Å². The van der Waals surface area contributed by atoms with Crippen molar-refractivity contribution in [3.05, 3.63) is 163 Å². The molecule has 294 valence electrons. The van der Waals surface area contributed by atoms with E-state index < -0.39 is 0 Å². The van der Waals surface area contributed by atoms with E-state index in [2.05, 4.69) is 202 Å². The molecule has 2 aliphatic heterocycles. The minimum atomic E-state index is -0.0551. The maximum Gasteiger partial charge on any atom is 0.252 e. The topological polar surface area (TPSA) is 23.0 Å². The first-order chi connectivity index (χ1) is 30.0. The van der Waals surface area contributed by atoms with Gasteiger partial charge in [0.2, 0.25) is 0 Å². The van der Waals surface area contributed by atoms with Crippen molar-refractivity contribution < 1.29 is 4.42 Å². The molecule has 2 aliphatic rings. The second-order valence-corrected chi connectivity index (χ2v) is 20.2. The van der Waals surface area contributed by atoms with Crippen LogP contribution in [0.25, 0.3) is 110 Å². The highest BCUT2D eigenvalue weighted by atomic mass is 16.3. The Bertz CT molecular complexity index is 3810. The molecule has 3 nitrogen and oxygen atoms in total. The first-order valence-electron chi connectivity index (χ1n) is 22.1. The summed E-state index contributed by atoms with van der Waals surface area (Å²) in [4.78, 5) is 0. The van der Waals surface area contributed by atoms with Gasteiger partial charge in [-0.1, -0.05) is 139 Å². The monoisotopic (exact) mass is 794 g/mol. The summed E-state index contributed by atoms with van der Waals surface area (Å²) in [6.45, 7) is 14.2. The third kappa shape index (κ3) is 4.42. The number of fused-ring (bicyclic) bond motifs is 15. The summed E-state index contributed by atoms with van der Waals surface area (Å²) >= 11 is 0. The second-order valence-electron chi connectivity index (χ2n) is 20.2. The highest BCUT2D eigenvalue weighted by Crippen LogP contribution is 2.45. The number of furan rings is 1. The Morgan fingerprint density at radius 1 is 0.435 bits per heavy atom. The van der Waals surface area contributed by atoms with Gasteiger partial charge in [-0.3, -0.25) is 0 Å². The van der Waals surface area contributed by atoms with Crippen LogP contribution in [0.1, 0.15) is 52.7 Å². The highest BCUT2D eigenvalue weighted by Gasteiger charge is 2.43.